The van der Waals surface area contributed by atoms with Gasteiger partial charge in [0.05, 0.1) is 0 Å². The number of nitriles is 1. The van der Waals surface area contributed by atoms with Crippen molar-refractivity contribution in [3.63, 3.8) is 0 Å². The van der Waals surface area contributed by atoms with Crippen LogP contribution in [0.4, 0.5) is 0 Å². The fourth-order valence-corrected chi connectivity index (χ4v) is 8.19. The highest BCUT2D eigenvalue weighted by Crippen LogP contribution is 2.31. The molecule has 88 valence electrons. The van der Waals surface area contributed by atoms with Crippen molar-refractivity contribution >= 4 is 8.07 Å². The number of hydrogen-bond acceptors (Lipinski definition) is 1. The van der Waals surface area contributed by atoms with Gasteiger partial charge in [-0.15, -0.1) is 0 Å². The molecule has 0 saturated carbocycles. The summed E-state index contributed by atoms with van der Waals surface area (Å²) in [6, 6.07) is 3.54. The Hall–Kier alpha value is -0.293. The molecular formula is C13H27NSi. The topological polar surface area (TPSA) is 23.8 Å². The summed E-state index contributed by atoms with van der Waals surface area (Å²) < 4.78 is 0. The van der Waals surface area contributed by atoms with Crippen molar-refractivity contribution < 1.29 is 0 Å². The van der Waals surface area contributed by atoms with Crippen molar-refractivity contribution in [1.29, 1.82) is 5.26 Å². The summed E-state index contributed by atoms with van der Waals surface area (Å²) in [6.07, 6.45) is 0. The molecule has 0 heterocycles. The molecule has 0 aliphatic rings. The minimum absolute atomic E-state index is 0.675. The van der Waals surface area contributed by atoms with E-state index in [9.17, 15) is 5.26 Å². The fourth-order valence-electron chi connectivity index (χ4n) is 2.73. The first-order chi connectivity index (χ1) is 6.81. The highest BCUT2D eigenvalue weighted by Gasteiger charge is 2.35. The first kappa shape index (κ1) is 14.7. The third kappa shape index (κ3) is 5.99. The van der Waals surface area contributed by atoms with E-state index >= 15 is 0 Å². The molecule has 0 aromatic carbocycles. The van der Waals surface area contributed by atoms with E-state index in [2.05, 4.69) is 47.2 Å². The van der Waals surface area contributed by atoms with Gasteiger partial charge >= 0.3 is 0 Å². The predicted octanol–water partition coefficient (Wildman–Crippen LogP) is 4.47. The standard InChI is InChI=1S/C13H27NSi/c1-11(2)7-15(10-14,8-12(3)4)9-13(5)6/h11-13H,7-9H2,1-6H3. The Morgan fingerprint density at radius 1 is 0.800 bits per heavy atom. The van der Waals surface area contributed by atoms with Crippen LogP contribution in [0.3, 0.4) is 0 Å². The zero-order chi connectivity index (χ0) is 12.1. The van der Waals surface area contributed by atoms with E-state index in [0.29, 0.717) is 17.8 Å². The van der Waals surface area contributed by atoms with E-state index in [1.165, 1.54) is 18.1 Å². The van der Waals surface area contributed by atoms with Crippen LogP contribution in [0.5, 0.6) is 0 Å². The van der Waals surface area contributed by atoms with Crippen LogP contribution < -0.4 is 0 Å². The molecule has 1 nitrogen and oxygen atoms in total. The minimum Gasteiger partial charge on any atom is -0.207 e. The lowest BCUT2D eigenvalue weighted by Crippen LogP contribution is -2.37. The van der Waals surface area contributed by atoms with Crippen LogP contribution in [0.25, 0.3) is 0 Å². The minimum atomic E-state index is -1.65. The van der Waals surface area contributed by atoms with E-state index in [1.807, 2.05) is 0 Å². The van der Waals surface area contributed by atoms with Crippen LogP contribution in [-0.4, -0.2) is 8.07 Å². The zero-order valence-corrected chi connectivity index (χ0v) is 12.3. The van der Waals surface area contributed by atoms with E-state index in [-0.39, 0.29) is 0 Å². The van der Waals surface area contributed by atoms with Crippen LogP contribution in [-0.2, 0) is 0 Å². The van der Waals surface area contributed by atoms with E-state index < -0.39 is 8.07 Å². The van der Waals surface area contributed by atoms with Gasteiger partial charge in [-0.3, -0.25) is 0 Å². The molecule has 15 heavy (non-hydrogen) atoms. The molecule has 0 aliphatic carbocycles. The number of hydrogen-bond donors (Lipinski definition) is 0. The van der Waals surface area contributed by atoms with Crippen molar-refractivity contribution in [1.82, 2.24) is 0 Å². The Bertz CT molecular complexity index is 187. The van der Waals surface area contributed by atoms with E-state index in [1.54, 1.807) is 0 Å². The second-order valence-electron chi connectivity index (χ2n) is 6.19. The molecule has 2 heteroatoms. The molecule has 0 fully saturated rings. The Morgan fingerprint density at radius 2 is 1.07 bits per heavy atom. The molecule has 0 spiro atoms. The summed E-state index contributed by atoms with van der Waals surface area (Å²) in [7, 11) is -1.65. The van der Waals surface area contributed by atoms with Crippen LogP contribution >= 0.6 is 0 Å². The molecule has 0 rings (SSSR count). The van der Waals surface area contributed by atoms with Gasteiger partial charge < -0.3 is 0 Å². The molecule has 0 aromatic rings. The third-order valence-corrected chi connectivity index (χ3v) is 7.90. The molecule has 0 atom stereocenters. The Labute approximate surface area is 96.9 Å². The summed E-state index contributed by atoms with van der Waals surface area (Å²) in [5.41, 5.74) is 2.75. The number of rotatable bonds is 6. The predicted molar refractivity (Wildman–Crippen MR) is 70.3 cm³/mol. The van der Waals surface area contributed by atoms with Gasteiger partial charge in [-0.2, -0.15) is 0 Å². The molecule has 0 amide bonds. The Morgan fingerprint density at radius 3 is 1.20 bits per heavy atom. The van der Waals surface area contributed by atoms with Crippen molar-refractivity contribution in [2.24, 2.45) is 17.8 Å². The molecule has 0 aromatic heterocycles. The summed E-state index contributed by atoms with van der Waals surface area (Å²) in [4.78, 5) is 0. The van der Waals surface area contributed by atoms with Crippen LogP contribution in [0.15, 0.2) is 0 Å². The van der Waals surface area contributed by atoms with Crippen LogP contribution in [0.2, 0.25) is 18.1 Å². The van der Waals surface area contributed by atoms with Gasteiger partial charge in [0.15, 0.2) is 8.07 Å². The maximum Gasteiger partial charge on any atom is 0.174 e. The molecule has 0 saturated heterocycles. The first-order valence-electron chi connectivity index (χ1n) is 6.22. The van der Waals surface area contributed by atoms with Crippen LogP contribution in [0.1, 0.15) is 41.5 Å². The van der Waals surface area contributed by atoms with Gasteiger partial charge in [0, 0.05) is 5.69 Å². The lowest BCUT2D eigenvalue weighted by molar-refractivity contribution is 0.650. The summed E-state index contributed by atoms with van der Waals surface area (Å²) in [5, 5.41) is 9.53. The van der Waals surface area contributed by atoms with Crippen molar-refractivity contribution in [2.75, 3.05) is 0 Å². The normalized spacial score (nSPS) is 12.5. The maximum absolute atomic E-state index is 9.53. The Kier molecular flexibility index (Phi) is 6.20. The highest BCUT2D eigenvalue weighted by atomic mass is 28.3. The second-order valence-corrected chi connectivity index (χ2v) is 10.2. The molecule has 0 radical (unpaired) electrons. The van der Waals surface area contributed by atoms with E-state index in [0.717, 1.165) is 0 Å². The van der Waals surface area contributed by atoms with Crippen LogP contribution in [0, 0.1) is 28.7 Å². The molecular weight excluding hydrogens is 198 g/mol. The Balaban J connectivity index is 4.69. The van der Waals surface area contributed by atoms with Crippen molar-refractivity contribution in [3.8, 4) is 5.69 Å². The van der Waals surface area contributed by atoms with Gasteiger partial charge in [0.2, 0.25) is 0 Å². The summed E-state index contributed by atoms with van der Waals surface area (Å²) >= 11 is 0. The largest absolute Gasteiger partial charge is 0.207 e. The maximum atomic E-state index is 9.53. The summed E-state index contributed by atoms with van der Waals surface area (Å²) in [6.45, 7) is 13.5. The molecule has 0 N–H and O–H groups in total. The highest BCUT2D eigenvalue weighted by molar-refractivity contribution is 6.86. The lowest BCUT2D eigenvalue weighted by atomic mass is 10.2. The average Bonchev–Trinajstić information content (AvgIpc) is 1.99. The molecule has 0 unspecified atom stereocenters. The zero-order valence-electron chi connectivity index (χ0n) is 11.3. The molecule has 0 bridgehead atoms. The summed E-state index contributed by atoms with van der Waals surface area (Å²) in [5.74, 6) is 2.02. The monoisotopic (exact) mass is 225 g/mol. The van der Waals surface area contributed by atoms with Gasteiger partial charge in [0.1, 0.15) is 0 Å². The van der Waals surface area contributed by atoms with Gasteiger partial charge in [-0.1, -0.05) is 41.5 Å². The average molecular weight is 225 g/mol. The fraction of sp³-hybridized carbons (Fsp3) is 0.923. The lowest BCUT2D eigenvalue weighted by Gasteiger charge is -2.29. The van der Waals surface area contributed by atoms with Gasteiger partial charge in [-0.25, -0.2) is 5.26 Å². The number of nitrogens with zero attached hydrogens (tertiary/aromatic N) is 1. The smallest absolute Gasteiger partial charge is 0.174 e. The van der Waals surface area contributed by atoms with E-state index in [4.69, 9.17) is 0 Å². The van der Waals surface area contributed by atoms with Gasteiger partial charge in [-0.05, 0) is 35.9 Å². The SMILES string of the molecule is CC(C)C[Si](C#N)(CC(C)C)CC(C)C. The second kappa shape index (κ2) is 6.32. The van der Waals surface area contributed by atoms with Gasteiger partial charge in [0.25, 0.3) is 0 Å². The van der Waals surface area contributed by atoms with Crippen molar-refractivity contribution in [3.05, 3.63) is 0 Å². The third-order valence-electron chi connectivity index (χ3n) is 2.63. The quantitative estimate of drug-likeness (QED) is 0.612. The molecule has 0 aliphatic heterocycles. The first-order valence-corrected chi connectivity index (χ1v) is 8.84. The van der Waals surface area contributed by atoms with Crippen molar-refractivity contribution in [2.45, 2.75) is 59.7 Å².